The largest absolute Gasteiger partial charge is 0.381 e. The standard InChI is InChI=1S/C20H31N3O3S/c1-3-9-21-20(25)23(17-6-12-26-13-7-17)16-4-10-22(11-5-16)19(24)18-15(2)8-14-27-18/h8,14,16-17H,3-7,9-13H2,1-2H3,(H,21,25). The Morgan fingerprint density at radius 2 is 1.89 bits per heavy atom. The normalized spacial score (nSPS) is 19.1. The molecule has 1 aromatic rings. The minimum Gasteiger partial charge on any atom is -0.381 e. The maximum atomic E-state index is 12.8. The van der Waals surface area contributed by atoms with Crippen molar-refractivity contribution in [1.82, 2.24) is 15.1 Å². The number of nitrogens with zero attached hydrogens (tertiary/aromatic N) is 2. The number of carbonyl (C=O) groups excluding carboxylic acids is 2. The molecule has 27 heavy (non-hydrogen) atoms. The predicted octanol–water partition coefficient (Wildman–Crippen LogP) is 3.26. The summed E-state index contributed by atoms with van der Waals surface area (Å²) in [4.78, 5) is 30.5. The van der Waals surface area contributed by atoms with Gasteiger partial charge in [0, 0.05) is 44.9 Å². The van der Waals surface area contributed by atoms with E-state index in [0.717, 1.165) is 55.8 Å². The van der Waals surface area contributed by atoms with Crippen molar-refractivity contribution < 1.29 is 14.3 Å². The van der Waals surface area contributed by atoms with Crippen LogP contribution in [0.2, 0.25) is 0 Å². The molecular weight excluding hydrogens is 362 g/mol. The fourth-order valence-corrected chi connectivity index (χ4v) is 4.89. The van der Waals surface area contributed by atoms with Gasteiger partial charge >= 0.3 is 6.03 Å². The van der Waals surface area contributed by atoms with E-state index in [-0.39, 0.29) is 24.0 Å². The Kier molecular flexibility index (Phi) is 7.13. The third kappa shape index (κ3) is 4.82. The second kappa shape index (κ2) is 9.55. The van der Waals surface area contributed by atoms with Crippen LogP contribution in [-0.4, -0.2) is 66.7 Å². The average Bonchev–Trinajstić information content (AvgIpc) is 3.13. The summed E-state index contributed by atoms with van der Waals surface area (Å²) in [5.74, 6) is 0.133. The van der Waals surface area contributed by atoms with Crippen molar-refractivity contribution in [3.05, 3.63) is 21.9 Å². The molecule has 0 unspecified atom stereocenters. The Morgan fingerprint density at radius 1 is 1.22 bits per heavy atom. The molecule has 1 aromatic heterocycles. The smallest absolute Gasteiger partial charge is 0.317 e. The predicted molar refractivity (Wildman–Crippen MR) is 107 cm³/mol. The van der Waals surface area contributed by atoms with Crippen molar-refractivity contribution in [2.45, 2.75) is 58.0 Å². The van der Waals surface area contributed by atoms with Crippen LogP contribution in [0.3, 0.4) is 0 Å². The molecule has 0 spiro atoms. The van der Waals surface area contributed by atoms with E-state index in [2.05, 4.69) is 17.1 Å². The molecule has 1 N–H and O–H groups in total. The summed E-state index contributed by atoms with van der Waals surface area (Å²) in [6.45, 7) is 7.61. The average molecular weight is 394 g/mol. The molecule has 0 bridgehead atoms. The van der Waals surface area contributed by atoms with Gasteiger partial charge < -0.3 is 19.9 Å². The van der Waals surface area contributed by atoms with Crippen molar-refractivity contribution in [3.63, 3.8) is 0 Å². The topological polar surface area (TPSA) is 61.9 Å². The number of carbonyl (C=O) groups is 2. The molecule has 2 aliphatic heterocycles. The van der Waals surface area contributed by atoms with E-state index in [1.54, 1.807) is 0 Å². The number of hydrogen-bond acceptors (Lipinski definition) is 4. The van der Waals surface area contributed by atoms with E-state index in [1.165, 1.54) is 11.3 Å². The van der Waals surface area contributed by atoms with Crippen molar-refractivity contribution in [2.24, 2.45) is 0 Å². The van der Waals surface area contributed by atoms with E-state index in [4.69, 9.17) is 4.74 Å². The van der Waals surface area contributed by atoms with Gasteiger partial charge in [0.1, 0.15) is 0 Å². The molecule has 0 saturated carbocycles. The molecule has 3 amide bonds. The number of rotatable bonds is 5. The minimum absolute atomic E-state index is 0.0441. The Labute approximate surface area is 165 Å². The Morgan fingerprint density at radius 3 is 2.48 bits per heavy atom. The van der Waals surface area contributed by atoms with E-state index in [9.17, 15) is 9.59 Å². The van der Waals surface area contributed by atoms with Crippen molar-refractivity contribution in [1.29, 1.82) is 0 Å². The first-order valence-corrected chi connectivity index (χ1v) is 11.0. The number of likely N-dealkylation sites (tertiary alicyclic amines) is 1. The van der Waals surface area contributed by atoms with Crippen LogP contribution in [-0.2, 0) is 4.74 Å². The van der Waals surface area contributed by atoms with Gasteiger partial charge in [0.25, 0.3) is 5.91 Å². The summed E-state index contributed by atoms with van der Waals surface area (Å²) in [6, 6.07) is 2.47. The first-order valence-electron chi connectivity index (χ1n) is 10.1. The summed E-state index contributed by atoms with van der Waals surface area (Å²) in [5.41, 5.74) is 1.05. The zero-order valence-corrected chi connectivity index (χ0v) is 17.2. The number of piperidine rings is 1. The molecule has 0 radical (unpaired) electrons. The van der Waals surface area contributed by atoms with Crippen LogP contribution in [0.1, 0.15) is 54.3 Å². The van der Waals surface area contributed by atoms with E-state index < -0.39 is 0 Å². The van der Waals surface area contributed by atoms with Crippen molar-refractivity contribution in [2.75, 3.05) is 32.8 Å². The van der Waals surface area contributed by atoms with Gasteiger partial charge in [-0.1, -0.05) is 6.92 Å². The second-order valence-corrected chi connectivity index (χ2v) is 8.35. The van der Waals surface area contributed by atoms with E-state index in [1.807, 2.05) is 23.3 Å². The Hall–Kier alpha value is -1.60. The van der Waals surface area contributed by atoms with Gasteiger partial charge in [-0.05, 0) is 56.0 Å². The molecule has 150 valence electrons. The van der Waals surface area contributed by atoms with Crippen molar-refractivity contribution in [3.8, 4) is 0 Å². The third-order valence-corrected chi connectivity index (χ3v) is 6.55. The van der Waals surface area contributed by atoms with Crippen molar-refractivity contribution >= 4 is 23.3 Å². The first-order chi connectivity index (χ1) is 13.1. The zero-order chi connectivity index (χ0) is 19.2. The summed E-state index contributed by atoms with van der Waals surface area (Å²) in [5, 5.41) is 5.03. The van der Waals surface area contributed by atoms with Gasteiger partial charge in [0.15, 0.2) is 0 Å². The van der Waals surface area contributed by atoms with Crippen LogP contribution in [0.5, 0.6) is 0 Å². The Bertz CT molecular complexity index is 634. The lowest BCUT2D eigenvalue weighted by Crippen LogP contribution is -2.56. The second-order valence-electron chi connectivity index (χ2n) is 7.44. The molecule has 0 aromatic carbocycles. The Balaban J connectivity index is 1.63. The van der Waals surface area contributed by atoms with Crippen LogP contribution >= 0.6 is 11.3 Å². The third-order valence-electron chi connectivity index (χ3n) is 5.55. The van der Waals surface area contributed by atoms with E-state index >= 15 is 0 Å². The molecule has 0 atom stereocenters. The monoisotopic (exact) mass is 393 g/mol. The summed E-state index contributed by atoms with van der Waals surface area (Å²) >= 11 is 1.52. The molecule has 2 aliphatic rings. The van der Waals surface area contributed by atoms with Crippen LogP contribution < -0.4 is 5.32 Å². The number of ether oxygens (including phenoxy) is 1. The highest BCUT2D eigenvalue weighted by Gasteiger charge is 2.35. The van der Waals surface area contributed by atoms with Crippen LogP contribution in [0.15, 0.2) is 11.4 Å². The fourth-order valence-electron chi connectivity index (χ4n) is 4.00. The molecule has 3 rings (SSSR count). The van der Waals surface area contributed by atoms with Gasteiger partial charge in [-0.15, -0.1) is 11.3 Å². The van der Waals surface area contributed by atoms with Crippen LogP contribution in [0, 0.1) is 6.92 Å². The summed E-state index contributed by atoms with van der Waals surface area (Å²) in [6.07, 6.45) is 4.40. The highest BCUT2D eigenvalue weighted by molar-refractivity contribution is 7.12. The molecule has 2 saturated heterocycles. The lowest BCUT2D eigenvalue weighted by atomic mass is 9.98. The maximum Gasteiger partial charge on any atom is 0.317 e. The van der Waals surface area contributed by atoms with Crippen LogP contribution in [0.4, 0.5) is 4.79 Å². The van der Waals surface area contributed by atoms with Gasteiger partial charge in [-0.25, -0.2) is 4.79 Å². The quantitative estimate of drug-likeness (QED) is 0.835. The molecular formula is C20H31N3O3S. The molecule has 6 nitrogen and oxygen atoms in total. The number of nitrogens with one attached hydrogen (secondary N) is 1. The van der Waals surface area contributed by atoms with Gasteiger partial charge in [0.2, 0.25) is 0 Å². The van der Waals surface area contributed by atoms with E-state index in [0.29, 0.717) is 19.6 Å². The lowest BCUT2D eigenvalue weighted by Gasteiger charge is -2.43. The minimum atomic E-state index is 0.0441. The number of hydrogen-bond donors (Lipinski definition) is 1. The number of thiophene rings is 1. The number of urea groups is 1. The first kappa shape index (κ1) is 20.1. The highest BCUT2D eigenvalue weighted by atomic mass is 32.1. The van der Waals surface area contributed by atoms with Crippen LogP contribution in [0.25, 0.3) is 0 Å². The maximum absolute atomic E-state index is 12.8. The molecule has 0 aliphatic carbocycles. The SMILES string of the molecule is CCCNC(=O)N(C1CCOCC1)C1CCN(C(=O)c2sccc2C)CC1. The molecule has 3 heterocycles. The number of amides is 3. The van der Waals surface area contributed by atoms with Gasteiger partial charge in [0.05, 0.1) is 4.88 Å². The summed E-state index contributed by atoms with van der Waals surface area (Å²) in [7, 11) is 0. The molecule has 7 heteroatoms. The molecule has 2 fully saturated rings. The lowest BCUT2D eigenvalue weighted by molar-refractivity contribution is 0.0210. The summed E-state index contributed by atoms with van der Waals surface area (Å²) < 4.78 is 5.49. The number of aryl methyl sites for hydroxylation is 1. The van der Waals surface area contributed by atoms with Gasteiger partial charge in [-0.2, -0.15) is 0 Å². The highest BCUT2D eigenvalue weighted by Crippen LogP contribution is 2.26. The fraction of sp³-hybridized carbons (Fsp3) is 0.700. The van der Waals surface area contributed by atoms with Gasteiger partial charge in [-0.3, -0.25) is 4.79 Å². The zero-order valence-electron chi connectivity index (χ0n) is 16.4.